The predicted octanol–water partition coefficient (Wildman–Crippen LogP) is 3.81. The predicted molar refractivity (Wildman–Crippen MR) is 74.2 cm³/mol. The van der Waals surface area contributed by atoms with Crippen LogP contribution in [0, 0.1) is 5.82 Å². The molecule has 0 unspecified atom stereocenters. The fourth-order valence-corrected chi connectivity index (χ4v) is 2.92. The quantitative estimate of drug-likeness (QED) is 0.917. The summed E-state index contributed by atoms with van der Waals surface area (Å²) in [5.74, 6) is -0.198. The standard InChI is InChI=1S/C14H18FNOS/c1-14(2,3)17-8-9-12(7-16)18-11-6-4-5-10(15)13(9)11/h4-6H,7-8,16H2,1-3H3. The molecule has 0 aliphatic carbocycles. The Balaban J connectivity index is 2.46. The first-order chi connectivity index (χ1) is 8.42. The summed E-state index contributed by atoms with van der Waals surface area (Å²) in [6, 6.07) is 5.13. The SMILES string of the molecule is CC(C)(C)OCc1c(CN)sc2cccc(F)c12. The number of halogens is 1. The van der Waals surface area contributed by atoms with E-state index in [0.29, 0.717) is 18.5 Å². The second-order valence-corrected chi connectivity index (χ2v) is 6.36. The Hall–Kier alpha value is -0.970. The van der Waals surface area contributed by atoms with E-state index in [9.17, 15) is 4.39 Å². The van der Waals surface area contributed by atoms with Crippen LogP contribution in [0.25, 0.3) is 10.1 Å². The molecule has 2 aromatic rings. The topological polar surface area (TPSA) is 35.2 Å². The lowest BCUT2D eigenvalue weighted by molar-refractivity contribution is -0.0146. The maximum atomic E-state index is 13.9. The van der Waals surface area contributed by atoms with Gasteiger partial charge in [-0.25, -0.2) is 4.39 Å². The van der Waals surface area contributed by atoms with Crippen molar-refractivity contribution in [3.8, 4) is 0 Å². The van der Waals surface area contributed by atoms with Crippen molar-refractivity contribution < 1.29 is 9.13 Å². The maximum absolute atomic E-state index is 13.9. The van der Waals surface area contributed by atoms with Crippen molar-refractivity contribution in [3.05, 3.63) is 34.5 Å². The van der Waals surface area contributed by atoms with Gasteiger partial charge in [0, 0.05) is 27.1 Å². The van der Waals surface area contributed by atoms with Crippen molar-refractivity contribution in [2.75, 3.05) is 0 Å². The molecule has 1 aromatic carbocycles. The highest BCUT2D eigenvalue weighted by atomic mass is 32.1. The molecule has 1 aromatic heterocycles. The van der Waals surface area contributed by atoms with E-state index in [0.717, 1.165) is 15.1 Å². The zero-order valence-corrected chi connectivity index (χ0v) is 11.7. The number of thiophene rings is 1. The van der Waals surface area contributed by atoms with E-state index in [4.69, 9.17) is 10.5 Å². The van der Waals surface area contributed by atoms with Crippen LogP contribution >= 0.6 is 11.3 Å². The number of hydrogen-bond acceptors (Lipinski definition) is 3. The molecule has 0 atom stereocenters. The second-order valence-electron chi connectivity index (χ2n) is 5.22. The highest BCUT2D eigenvalue weighted by Gasteiger charge is 2.17. The van der Waals surface area contributed by atoms with Crippen LogP contribution in [0.2, 0.25) is 0 Å². The molecule has 0 amide bonds. The highest BCUT2D eigenvalue weighted by molar-refractivity contribution is 7.19. The molecule has 2 nitrogen and oxygen atoms in total. The molecule has 0 radical (unpaired) electrons. The average molecular weight is 267 g/mol. The Morgan fingerprint density at radius 1 is 1.33 bits per heavy atom. The lowest BCUT2D eigenvalue weighted by atomic mass is 10.1. The van der Waals surface area contributed by atoms with E-state index >= 15 is 0 Å². The van der Waals surface area contributed by atoms with Gasteiger partial charge in [-0.05, 0) is 32.9 Å². The number of ether oxygens (including phenoxy) is 1. The van der Waals surface area contributed by atoms with Gasteiger partial charge in [-0.3, -0.25) is 0 Å². The Morgan fingerprint density at radius 3 is 2.67 bits per heavy atom. The van der Waals surface area contributed by atoms with Crippen LogP contribution in [0.15, 0.2) is 18.2 Å². The van der Waals surface area contributed by atoms with E-state index in [-0.39, 0.29) is 11.4 Å². The Kier molecular flexibility index (Phi) is 3.71. The fraction of sp³-hybridized carbons (Fsp3) is 0.429. The van der Waals surface area contributed by atoms with Gasteiger partial charge < -0.3 is 10.5 Å². The number of rotatable bonds is 3. The molecule has 0 saturated heterocycles. The van der Waals surface area contributed by atoms with Crippen molar-refractivity contribution in [2.24, 2.45) is 5.73 Å². The van der Waals surface area contributed by atoms with Crippen LogP contribution in [-0.2, 0) is 17.9 Å². The number of benzene rings is 1. The van der Waals surface area contributed by atoms with Crippen LogP contribution in [0.3, 0.4) is 0 Å². The van der Waals surface area contributed by atoms with Gasteiger partial charge in [0.25, 0.3) is 0 Å². The van der Waals surface area contributed by atoms with Gasteiger partial charge in [0.05, 0.1) is 12.2 Å². The molecule has 0 fully saturated rings. The van der Waals surface area contributed by atoms with Crippen LogP contribution in [0.4, 0.5) is 4.39 Å². The average Bonchev–Trinajstić information content (AvgIpc) is 2.64. The zero-order valence-electron chi connectivity index (χ0n) is 10.9. The lowest BCUT2D eigenvalue weighted by Crippen LogP contribution is -2.19. The molecule has 0 aliphatic heterocycles. The van der Waals surface area contributed by atoms with Crippen LogP contribution < -0.4 is 5.73 Å². The molecule has 0 aliphatic rings. The van der Waals surface area contributed by atoms with Gasteiger partial charge in [-0.2, -0.15) is 0 Å². The molecule has 0 bridgehead atoms. The summed E-state index contributed by atoms with van der Waals surface area (Å²) in [6.45, 7) is 6.78. The van der Waals surface area contributed by atoms with Gasteiger partial charge >= 0.3 is 0 Å². The summed E-state index contributed by atoms with van der Waals surface area (Å²) in [4.78, 5) is 0.999. The third-order valence-corrected chi connectivity index (χ3v) is 3.90. The first-order valence-corrected chi connectivity index (χ1v) is 6.77. The summed E-state index contributed by atoms with van der Waals surface area (Å²) in [7, 11) is 0. The van der Waals surface area contributed by atoms with Crippen LogP contribution in [0.5, 0.6) is 0 Å². The van der Waals surface area contributed by atoms with E-state index < -0.39 is 0 Å². The lowest BCUT2D eigenvalue weighted by Gasteiger charge is -2.19. The van der Waals surface area contributed by atoms with E-state index in [1.54, 1.807) is 17.4 Å². The van der Waals surface area contributed by atoms with Gasteiger partial charge in [-0.15, -0.1) is 11.3 Å². The van der Waals surface area contributed by atoms with Gasteiger partial charge in [0.1, 0.15) is 5.82 Å². The van der Waals surface area contributed by atoms with Crippen LogP contribution in [-0.4, -0.2) is 5.60 Å². The van der Waals surface area contributed by atoms with Crippen molar-refractivity contribution in [2.45, 2.75) is 39.5 Å². The highest BCUT2D eigenvalue weighted by Crippen LogP contribution is 2.34. The molecule has 2 N–H and O–H groups in total. The molecule has 1 heterocycles. The monoisotopic (exact) mass is 267 g/mol. The van der Waals surface area contributed by atoms with E-state index in [1.807, 2.05) is 26.8 Å². The van der Waals surface area contributed by atoms with E-state index in [1.165, 1.54) is 6.07 Å². The molecule has 2 rings (SSSR count). The van der Waals surface area contributed by atoms with Crippen molar-refractivity contribution in [3.63, 3.8) is 0 Å². The minimum atomic E-state index is -0.245. The Labute approximate surface area is 111 Å². The number of fused-ring (bicyclic) bond motifs is 1. The first kappa shape index (κ1) is 13.5. The summed E-state index contributed by atoms with van der Waals surface area (Å²) in [5.41, 5.74) is 6.39. The summed E-state index contributed by atoms with van der Waals surface area (Å²) >= 11 is 1.54. The molecular formula is C14H18FNOS. The van der Waals surface area contributed by atoms with E-state index in [2.05, 4.69) is 0 Å². The third-order valence-electron chi connectivity index (χ3n) is 2.68. The molecule has 98 valence electrons. The maximum Gasteiger partial charge on any atom is 0.132 e. The molecule has 0 spiro atoms. The number of hydrogen-bond donors (Lipinski definition) is 1. The van der Waals surface area contributed by atoms with Gasteiger partial charge in [-0.1, -0.05) is 6.07 Å². The minimum absolute atomic E-state index is 0.198. The molecule has 4 heteroatoms. The van der Waals surface area contributed by atoms with Crippen LogP contribution in [0.1, 0.15) is 31.2 Å². The first-order valence-electron chi connectivity index (χ1n) is 5.95. The molecule has 0 saturated carbocycles. The van der Waals surface area contributed by atoms with Crippen molar-refractivity contribution in [1.82, 2.24) is 0 Å². The zero-order chi connectivity index (χ0) is 13.3. The summed E-state index contributed by atoms with van der Waals surface area (Å²) in [6.07, 6.45) is 0. The fourth-order valence-electron chi connectivity index (χ4n) is 1.82. The minimum Gasteiger partial charge on any atom is -0.371 e. The smallest absolute Gasteiger partial charge is 0.132 e. The normalized spacial score (nSPS) is 12.3. The largest absolute Gasteiger partial charge is 0.371 e. The summed E-state index contributed by atoms with van der Waals surface area (Å²) < 4.78 is 20.6. The second kappa shape index (κ2) is 4.96. The Morgan fingerprint density at radius 2 is 2.06 bits per heavy atom. The molecular weight excluding hydrogens is 249 g/mol. The van der Waals surface area contributed by atoms with Gasteiger partial charge in [0.2, 0.25) is 0 Å². The molecule has 18 heavy (non-hydrogen) atoms. The van der Waals surface area contributed by atoms with Gasteiger partial charge in [0.15, 0.2) is 0 Å². The third kappa shape index (κ3) is 2.71. The number of nitrogens with two attached hydrogens (primary N) is 1. The summed E-state index contributed by atoms with van der Waals surface area (Å²) in [5, 5.41) is 0.659. The Bertz CT molecular complexity index is 557. The van der Waals surface area contributed by atoms with Crippen molar-refractivity contribution >= 4 is 21.4 Å². The van der Waals surface area contributed by atoms with Crippen molar-refractivity contribution in [1.29, 1.82) is 0 Å².